The molecule has 3 atom stereocenters. The number of benzene rings is 2. The SMILES string of the molecule is CCCCOC(=O)CC(c1ccc(Cl)c(NC(=O)C(c2ccc(Cl)cc2)C(C)C(F)(F)F)c1)C1CCC1. The third-order valence-corrected chi connectivity index (χ3v) is 7.65. The first-order valence-corrected chi connectivity index (χ1v) is 13.3. The molecule has 0 aromatic heterocycles. The molecule has 0 heterocycles. The van der Waals surface area contributed by atoms with Crippen LogP contribution in [0.3, 0.4) is 0 Å². The van der Waals surface area contributed by atoms with Gasteiger partial charge in [0.25, 0.3) is 0 Å². The fraction of sp³-hybridized carbons (Fsp3) is 0.500. The van der Waals surface area contributed by atoms with Crippen molar-refractivity contribution in [3.05, 3.63) is 63.6 Å². The Morgan fingerprint density at radius 1 is 1.08 bits per heavy atom. The Morgan fingerprint density at radius 2 is 1.73 bits per heavy atom. The number of esters is 1. The molecule has 1 amide bonds. The van der Waals surface area contributed by atoms with Gasteiger partial charge in [0, 0.05) is 5.02 Å². The van der Waals surface area contributed by atoms with Gasteiger partial charge in [-0.05, 0) is 66.5 Å². The maximum Gasteiger partial charge on any atom is 0.392 e. The van der Waals surface area contributed by atoms with Gasteiger partial charge in [-0.25, -0.2) is 0 Å². The quantitative estimate of drug-likeness (QED) is 0.222. The first-order chi connectivity index (χ1) is 17.5. The first-order valence-electron chi connectivity index (χ1n) is 12.6. The summed E-state index contributed by atoms with van der Waals surface area (Å²) in [7, 11) is 0. The summed E-state index contributed by atoms with van der Waals surface area (Å²) in [6, 6.07) is 10.8. The second kappa shape index (κ2) is 13.0. The second-order valence-electron chi connectivity index (χ2n) is 9.66. The first kappa shape index (κ1) is 29.3. The van der Waals surface area contributed by atoms with E-state index in [2.05, 4.69) is 5.32 Å². The molecule has 0 bridgehead atoms. The minimum absolute atomic E-state index is 0.128. The predicted molar refractivity (Wildman–Crippen MR) is 140 cm³/mol. The van der Waals surface area contributed by atoms with Crippen LogP contribution in [0.25, 0.3) is 0 Å². The van der Waals surface area contributed by atoms with Crippen molar-refractivity contribution in [2.75, 3.05) is 11.9 Å². The number of carbonyl (C=O) groups excluding carboxylic acids is 2. The van der Waals surface area contributed by atoms with Crippen LogP contribution in [0, 0.1) is 11.8 Å². The largest absolute Gasteiger partial charge is 0.466 e. The molecule has 2 aromatic rings. The monoisotopic (exact) mass is 557 g/mol. The van der Waals surface area contributed by atoms with Gasteiger partial charge in [0.15, 0.2) is 0 Å². The van der Waals surface area contributed by atoms with E-state index in [4.69, 9.17) is 27.9 Å². The van der Waals surface area contributed by atoms with Crippen LogP contribution in [0.1, 0.15) is 75.3 Å². The molecule has 1 aliphatic carbocycles. The number of halogens is 5. The smallest absolute Gasteiger partial charge is 0.392 e. The van der Waals surface area contributed by atoms with Crippen molar-refractivity contribution in [1.82, 2.24) is 0 Å². The Balaban J connectivity index is 1.86. The number of hydrogen-bond donors (Lipinski definition) is 1. The minimum Gasteiger partial charge on any atom is -0.466 e. The van der Waals surface area contributed by atoms with Gasteiger partial charge in [-0.2, -0.15) is 13.2 Å². The van der Waals surface area contributed by atoms with Gasteiger partial charge in [0.2, 0.25) is 5.91 Å². The molecule has 0 aliphatic heterocycles. The number of amides is 1. The van der Waals surface area contributed by atoms with Crippen molar-refractivity contribution in [3.8, 4) is 0 Å². The average molecular weight is 558 g/mol. The number of alkyl halides is 3. The number of nitrogens with one attached hydrogen (secondary N) is 1. The van der Waals surface area contributed by atoms with E-state index in [9.17, 15) is 22.8 Å². The minimum atomic E-state index is -4.60. The van der Waals surface area contributed by atoms with Crippen LogP contribution in [-0.2, 0) is 14.3 Å². The van der Waals surface area contributed by atoms with E-state index in [1.54, 1.807) is 18.2 Å². The van der Waals surface area contributed by atoms with Gasteiger partial charge in [-0.3, -0.25) is 9.59 Å². The van der Waals surface area contributed by atoms with E-state index in [-0.39, 0.29) is 40.5 Å². The highest BCUT2D eigenvalue weighted by Crippen LogP contribution is 2.43. The number of hydrogen-bond acceptors (Lipinski definition) is 3. The lowest BCUT2D eigenvalue weighted by Crippen LogP contribution is -2.34. The lowest BCUT2D eigenvalue weighted by molar-refractivity contribution is -0.178. The summed E-state index contributed by atoms with van der Waals surface area (Å²) in [4.78, 5) is 25.7. The van der Waals surface area contributed by atoms with Crippen LogP contribution < -0.4 is 5.32 Å². The molecule has 3 rings (SSSR count). The lowest BCUT2D eigenvalue weighted by Gasteiger charge is -2.34. The average Bonchev–Trinajstić information content (AvgIpc) is 2.80. The maximum absolute atomic E-state index is 13.7. The third kappa shape index (κ3) is 7.87. The van der Waals surface area contributed by atoms with E-state index >= 15 is 0 Å². The molecule has 2 aromatic carbocycles. The van der Waals surface area contributed by atoms with Gasteiger partial charge in [0.1, 0.15) is 0 Å². The summed E-state index contributed by atoms with van der Waals surface area (Å²) >= 11 is 12.3. The van der Waals surface area contributed by atoms with Gasteiger partial charge >= 0.3 is 12.1 Å². The second-order valence-corrected chi connectivity index (χ2v) is 10.5. The lowest BCUT2D eigenvalue weighted by atomic mass is 9.71. The Hall–Kier alpha value is -2.25. The van der Waals surface area contributed by atoms with Crippen molar-refractivity contribution in [2.24, 2.45) is 11.8 Å². The van der Waals surface area contributed by atoms with E-state index in [0.29, 0.717) is 11.6 Å². The molecule has 0 radical (unpaired) electrons. The molecule has 1 aliphatic rings. The van der Waals surface area contributed by atoms with E-state index in [0.717, 1.165) is 44.6 Å². The number of anilines is 1. The zero-order valence-corrected chi connectivity index (χ0v) is 22.4. The molecule has 37 heavy (non-hydrogen) atoms. The number of rotatable bonds is 11. The summed E-state index contributed by atoms with van der Waals surface area (Å²) in [5.41, 5.74) is 1.20. The van der Waals surface area contributed by atoms with E-state index < -0.39 is 23.9 Å². The molecular weight excluding hydrogens is 526 g/mol. The highest BCUT2D eigenvalue weighted by molar-refractivity contribution is 6.33. The molecule has 1 N–H and O–H groups in total. The number of ether oxygens (including phenoxy) is 1. The topological polar surface area (TPSA) is 55.4 Å². The van der Waals surface area contributed by atoms with Crippen molar-refractivity contribution >= 4 is 40.8 Å². The Labute approximate surface area is 225 Å². The summed E-state index contributed by atoms with van der Waals surface area (Å²) in [6.07, 6.45) is 0.327. The summed E-state index contributed by atoms with van der Waals surface area (Å²) in [6.45, 7) is 3.37. The highest BCUT2D eigenvalue weighted by Gasteiger charge is 2.45. The molecule has 202 valence electrons. The molecule has 1 saturated carbocycles. The predicted octanol–water partition coefficient (Wildman–Crippen LogP) is 8.53. The van der Waals surface area contributed by atoms with E-state index in [1.165, 1.54) is 24.3 Å². The van der Waals surface area contributed by atoms with Crippen molar-refractivity contribution in [3.63, 3.8) is 0 Å². The van der Waals surface area contributed by atoms with Gasteiger partial charge in [0.05, 0.1) is 35.6 Å². The maximum atomic E-state index is 13.7. The third-order valence-electron chi connectivity index (χ3n) is 7.07. The Morgan fingerprint density at radius 3 is 2.30 bits per heavy atom. The standard InChI is InChI=1S/C28H32Cl2F3NO3/c1-3-4-14-37-25(35)16-22(18-6-5-7-18)20-10-13-23(30)24(15-20)34-27(36)26(17(2)28(31,32)33)19-8-11-21(29)12-9-19/h8-13,15,17-18,22,26H,3-7,14,16H2,1-2H3,(H,34,36). The number of unbranched alkanes of at least 4 members (excludes halogenated alkanes) is 1. The Kier molecular flexibility index (Phi) is 10.3. The highest BCUT2D eigenvalue weighted by atomic mass is 35.5. The van der Waals surface area contributed by atoms with Crippen molar-refractivity contribution in [1.29, 1.82) is 0 Å². The normalized spacial score (nSPS) is 16.4. The van der Waals surface area contributed by atoms with Gasteiger partial charge in [-0.15, -0.1) is 0 Å². The molecule has 0 spiro atoms. The van der Waals surface area contributed by atoms with Crippen LogP contribution in [0.15, 0.2) is 42.5 Å². The van der Waals surface area contributed by atoms with Gasteiger partial charge < -0.3 is 10.1 Å². The van der Waals surface area contributed by atoms with E-state index in [1.807, 2.05) is 6.92 Å². The fourth-order valence-corrected chi connectivity index (χ4v) is 4.86. The molecule has 9 heteroatoms. The van der Waals surface area contributed by atoms with Crippen molar-refractivity contribution < 1.29 is 27.5 Å². The molecule has 1 fully saturated rings. The Bertz CT molecular complexity index is 1070. The van der Waals surface area contributed by atoms with Crippen LogP contribution in [0.5, 0.6) is 0 Å². The molecular formula is C28H32Cl2F3NO3. The van der Waals surface area contributed by atoms with Crippen LogP contribution in [0.4, 0.5) is 18.9 Å². The van der Waals surface area contributed by atoms with Crippen LogP contribution >= 0.6 is 23.2 Å². The fourth-order valence-electron chi connectivity index (χ4n) is 4.57. The molecule has 3 unspecified atom stereocenters. The summed E-state index contributed by atoms with van der Waals surface area (Å²) < 4.78 is 46.5. The molecule has 0 saturated heterocycles. The zero-order chi connectivity index (χ0) is 27.2. The zero-order valence-electron chi connectivity index (χ0n) is 20.9. The van der Waals surface area contributed by atoms with Crippen molar-refractivity contribution in [2.45, 2.75) is 70.4 Å². The van der Waals surface area contributed by atoms with Crippen LogP contribution in [0.2, 0.25) is 10.0 Å². The molecule has 4 nitrogen and oxygen atoms in total. The summed E-state index contributed by atoms with van der Waals surface area (Å²) in [5.74, 6) is -4.41. The van der Waals surface area contributed by atoms with Gasteiger partial charge in [-0.1, -0.05) is 68.1 Å². The number of carbonyl (C=O) groups is 2. The van der Waals surface area contributed by atoms with Crippen LogP contribution in [-0.4, -0.2) is 24.7 Å². The summed E-state index contributed by atoms with van der Waals surface area (Å²) in [5, 5.41) is 3.18.